The first-order valence-electron chi connectivity index (χ1n) is 12.4. The van der Waals surface area contributed by atoms with E-state index in [-0.39, 0.29) is 37.1 Å². The molecule has 3 amide bonds. The lowest BCUT2D eigenvalue weighted by atomic mass is 9.73. The number of nitrogens with one attached hydrogen (secondary N) is 1. The second kappa shape index (κ2) is 10.1. The first-order valence-corrected chi connectivity index (χ1v) is 12.4. The summed E-state index contributed by atoms with van der Waals surface area (Å²) >= 11 is 0. The minimum Gasteiger partial charge on any atom is -0.394 e. The largest absolute Gasteiger partial charge is 0.394 e. The first-order chi connectivity index (χ1) is 17.0. The van der Waals surface area contributed by atoms with E-state index in [1.165, 1.54) is 48.8 Å². The molecule has 1 aliphatic carbocycles. The maximum atomic E-state index is 13.5. The van der Waals surface area contributed by atoms with E-state index in [1.807, 2.05) is 24.3 Å². The molecule has 1 saturated carbocycles. The Labute approximate surface area is 205 Å². The standard InChI is InChI=1S/C28H30FN3O3/c29-22-9-4-10-23(15-22)30-28(35)31-16-24-27(25(18-33)32(24)26(34)17-31)21-13-11-20(12-14-21)8-3-7-19-5-1-2-6-19/h4,9-15,19,24-25,27,33H,1-2,5-7,16-18H2,(H,30,35)/t24-,25+,27+/m0/s1. The Hall–Kier alpha value is -3.37. The molecular weight excluding hydrogens is 445 g/mol. The molecule has 3 aliphatic rings. The van der Waals surface area contributed by atoms with Crippen LogP contribution in [0.4, 0.5) is 14.9 Å². The van der Waals surface area contributed by atoms with Crippen molar-refractivity contribution < 1.29 is 19.1 Å². The van der Waals surface area contributed by atoms with Crippen LogP contribution in [-0.4, -0.2) is 58.6 Å². The number of hydrogen-bond donors (Lipinski definition) is 2. The molecule has 35 heavy (non-hydrogen) atoms. The minimum atomic E-state index is -0.444. The van der Waals surface area contributed by atoms with Crippen LogP contribution in [0.2, 0.25) is 0 Å². The molecule has 2 aromatic rings. The smallest absolute Gasteiger partial charge is 0.322 e. The van der Waals surface area contributed by atoms with Crippen LogP contribution in [0.1, 0.15) is 49.1 Å². The molecule has 0 spiro atoms. The van der Waals surface area contributed by atoms with Gasteiger partial charge in [0.1, 0.15) is 12.4 Å². The Morgan fingerprint density at radius 3 is 2.63 bits per heavy atom. The number of benzene rings is 2. The number of hydrogen-bond acceptors (Lipinski definition) is 3. The zero-order chi connectivity index (χ0) is 24.4. The molecule has 2 aromatic carbocycles. The van der Waals surface area contributed by atoms with Gasteiger partial charge in [-0.15, -0.1) is 0 Å². The normalized spacial score (nSPS) is 23.8. The van der Waals surface area contributed by atoms with Crippen molar-refractivity contribution in [1.29, 1.82) is 0 Å². The second-order valence-electron chi connectivity index (χ2n) is 9.74. The lowest BCUT2D eigenvalue weighted by Gasteiger charge is -2.58. The van der Waals surface area contributed by atoms with Crippen molar-refractivity contribution in [3.05, 3.63) is 65.5 Å². The Morgan fingerprint density at radius 2 is 1.91 bits per heavy atom. The van der Waals surface area contributed by atoms with E-state index in [9.17, 15) is 19.1 Å². The van der Waals surface area contributed by atoms with Crippen molar-refractivity contribution in [3.8, 4) is 11.8 Å². The third-order valence-electron chi connectivity index (χ3n) is 7.51. The number of carbonyl (C=O) groups excluding carboxylic acids is 2. The molecule has 0 unspecified atom stereocenters. The number of nitrogens with zero attached hydrogens (tertiary/aromatic N) is 2. The third kappa shape index (κ3) is 4.89. The van der Waals surface area contributed by atoms with E-state index in [1.54, 1.807) is 11.0 Å². The molecule has 6 nitrogen and oxygen atoms in total. The van der Waals surface area contributed by atoms with Gasteiger partial charge in [-0.1, -0.05) is 42.9 Å². The maximum Gasteiger partial charge on any atom is 0.322 e. The summed E-state index contributed by atoms with van der Waals surface area (Å²) in [4.78, 5) is 28.8. The highest BCUT2D eigenvalue weighted by Crippen LogP contribution is 2.43. The lowest BCUT2D eigenvalue weighted by molar-refractivity contribution is -0.159. The zero-order valence-electron chi connectivity index (χ0n) is 19.6. The molecule has 5 rings (SSSR count). The highest BCUT2D eigenvalue weighted by atomic mass is 19.1. The molecule has 2 heterocycles. The van der Waals surface area contributed by atoms with Crippen LogP contribution in [-0.2, 0) is 4.79 Å². The van der Waals surface area contributed by atoms with Crippen molar-refractivity contribution in [3.63, 3.8) is 0 Å². The molecule has 0 radical (unpaired) electrons. The average Bonchev–Trinajstić information content (AvgIpc) is 3.35. The van der Waals surface area contributed by atoms with E-state index in [4.69, 9.17) is 0 Å². The molecule has 2 N–H and O–H groups in total. The number of rotatable bonds is 4. The SMILES string of the molecule is O=C(Nc1cccc(F)c1)N1CC(=O)N2[C@H](CO)[C@H](c3ccc(C#CCC4CCCC4)cc3)[C@@H]2C1. The number of piperazine rings is 1. The van der Waals surface area contributed by atoms with E-state index >= 15 is 0 Å². The summed E-state index contributed by atoms with van der Waals surface area (Å²) in [6, 6.07) is 12.7. The first kappa shape index (κ1) is 23.4. The van der Waals surface area contributed by atoms with Gasteiger partial charge in [-0.3, -0.25) is 4.79 Å². The van der Waals surface area contributed by atoms with Gasteiger partial charge in [-0.05, 0) is 54.7 Å². The Balaban J connectivity index is 1.26. The van der Waals surface area contributed by atoms with Gasteiger partial charge >= 0.3 is 6.03 Å². The predicted octanol–water partition coefficient (Wildman–Crippen LogP) is 3.96. The van der Waals surface area contributed by atoms with Crippen molar-refractivity contribution in [2.75, 3.05) is 25.0 Å². The van der Waals surface area contributed by atoms with Crippen LogP contribution in [0.25, 0.3) is 0 Å². The fourth-order valence-corrected chi connectivity index (χ4v) is 5.72. The molecule has 2 aliphatic heterocycles. The Bertz CT molecular complexity index is 1150. The van der Waals surface area contributed by atoms with Gasteiger partial charge in [0.25, 0.3) is 0 Å². The summed E-state index contributed by atoms with van der Waals surface area (Å²) in [6.45, 7) is 0.138. The summed E-state index contributed by atoms with van der Waals surface area (Å²) in [5.41, 5.74) is 2.32. The minimum absolute atomic E-state index is 0.0730. The fourth-order valence-electron chi connectivity index (χ4n) is 5.72. The third-order valence-corrected chi connectivity index (χ3v) is 7.51. The van der Waals surface area contributed by atoms with Crippen LogP contribution >= 0.6 is 0 Å². The number of aliphatic hydroxyl groups is 1. The van der Waals surface area contributed by atoms with Gasteiger partial charge in [-0.25, -0.2) is 9.18 Å². The van der Waals surface area contributed by atoms with Crippen LogP contribution in [0.15, 0.2) is 48.5 Å². The van der Waals surface area contributed by atoms with Crippen molar-refractivity contribution in [1.82, 2.24) is 9.80 Å². The van der Waals surface area contributed by atoms with Gasteiger partial charge in [0, 0.05) is 30.1 Å². The van der Waals surface area contributed by atoms with E-state index in [2.05, 4.69) is 17.2 Å². The average molecular weight is 476 g/mol. The molecule has 3 fully saturated rings. The number of aliphatic hydroxyl groups excluding tert-OH is 1. The van der Waals surface area contributed by atoms with Crippen LogP contribution < -0.4 is 5.32 Å². The van der Waals surface area contributed by atoms with Gasteiger partial charge in [0.15, 0.2) is 0 Å². The number of carbonyl (C=O) groups is 2. The molecule has 3 atom stereocenters. The maximum absolute atomic E-state index is 13.5. The molecular formula is C28H30FN3O3. The van der Waals surface area contributed by atoms with E-state index < -0.39 is 11.8 Å². The molecule has 0 aromatic heterocycles. The Kier molecular flexibility index (Phi) is 6.74. The highest BCUT2D eigenvalue weighted by Gasteiger charge is 2.54. The number of amides is 3. The fraction of sp³-hybridized carbons (Fsp3) is 0.429. The highest BCUT2D eigenvalue weighted by molar-refractivity contribution is 5.93. The summed E-state index contributed by atoms with van der Waals surface area (Å²) in [5.74, 6) is 6.60. The summed E-state index contributed by atoms with van der Waals surface area (Å²) in [5, 5.41) is 12.7. The van der Waals surface area contributed by atoms with Gasteiger partial charge in [0.05, 0.1) is 18.7 Å². The lowest BCUT2D eigenvalue weighted by Crippen LogP contribution is -2.73. The number of anilines is 1. The molecule has 7 heteroatoms. The van der Waals surface area contributed by atoms with Crippen molar-refractivity contribution in [2.24, 2.45) is 5.92 Å². The van der Waals surface area contributed by atoms with Crippen molar-refractivity contribution in [2.45, 2.75) is 50.1 Å². The van der Waals surface area contributed by atoms with Crippen LogP contribution in [0.5, 0.6) is 0 Å². The molecule has 2 saturated heterocycles. The van der Waals surface area contributed by atoms with Crippen LogP contribution in [0, 0.1) is 23.6 Å². The quantitative estimate of drug-likeness (QED) is 0.658. The van der Waals surface area contributed by atoms with Crippen LogP contribution in [0.3, 0.4) is 0 Å². The summed E-state index contributed by atoms with van der Waals surface area (Å²) in [6.07, 6.45) is 6.15. The van der Waals surface area contributed by atoms with Gasteiger partial charge in [0.2, 0.25) is 5.91 Å². The number of halogens is 1. The summed E-state index contributed by atoms with van der Waals surface area (Å²) < 4.78 is 13.5. The predicted molar refractivity (Wildman–Crippen MR) is 131 cm³/mol. The van der Waals surface area contributed by atoms with E-state index in [0.29, 0.717) is 12.2 Å². The monoisotopic (exact) mass is 475 g/mol. The van der Waals surface area contributed by atoms with Crippen molar-refractivity contribution >= 4 is 17.6 Å². The zero-order valence-corrected chi connectivity index (χ0v) is 19.6. The van der Waals surface area contributed by atoms with Gasteiger partial charge in [-0.2, -0.15) is 0 Å². The summed E-state index contributed by atoms with van der Waals surface area (Å²) in [7, 11) is 0. The molecule has 182 valence electrons. The number of urea groups is 1. The second-order valence-corrected chi connectivity index (χ2v) is 9.74. The van der Waals surface area contributed by atoms with E-state index in [0.717, 1.165) is 23.5 Å². The topological polar surface area (TPSA) is 72.9 Å². The number of fused-ring (bicyclic) bond motifs is 1. The Morgan fingerprint density at radius 1 is 1.14 bits per heavy atom. The van der Waals surface area contributed by atoms with Gasteiger partial charge < -0.3 is 20.2 Å². The molecule has 0 bridgehead atoms.